The number of benzene rings is 2. The molecule has 0 saturated heterocycles. The van der Waals surface area contributed by atoms with Gasteiger partial charge >= 0.3 is 5.69 Å². The van der Waals surface area contributed by atoms with Crippen LogP contribution in [0.25, 0.3) is 5.65 Å². The molecular weight excluding hydrogens is 396 g/mol. The Morgan fingerprint density at radius 3 is 2.39 bits per heavy atom. The highest BCUT2D eigenvalue weighted by Gasteiger charge is 2.15. The smallest absolute Gasteiger partial charge is 0.353 e. The van der Waals surface area contributed by atoms with Crippen molar-refractivity contribution in [2.45, 2.75) is 20.4 Å². The lowest BCUT2D eigenvalue weighted by Crippen LogP contribution is -2.29. The number of ether oxygens (including phenoxy) is 1. The molecule has 9 heteroatoms. The van der Waals surface area contributed by atoms with Crippen LogP contribution in [0, 0.1) is 13.8 Å². The number of anilines is 3. The minimum absolute atomic E-state index is 0.227. The van der Waals surface area contributed by atoms with Crippen LogP contribution in [-0.2, 0) is 11.3 Å². The summed E-state index contributed by atoms with van der Waals surface area (Å²) in [5, 5.41) is 10.2. The molecule has 31 heavy (non-hydrogen) atoms. The van der Waals surface area contributed by atoms with Crippen molar-refractivity contribution >= 4 is 28.9 Å². The van der Waals surface area contributed by atoms with Crippen molar-refractivity contribution in [3.63, 3.8) is 0 Å². The summed E-state index contributed by atoms with van der Waals surface area (Å²) in [6.45, 7) is 3.59. The maximum absolute atomic E-state index is 13.0. The summed E-state index contributed by atoms with van der Waals surface area (Å²) in [6.07, 6.45) is 0. The van der Waals surface area contributed by atoms with Crippen LogP contribution in [0.1, 0.15) is 11.3 Å². The first-order valence-corrected chi connectivity index (χ1v) is 9.68. The van der Waals surface area contributed by atoms with Crippen LogP contribution in [0.2, 0.25) is 0 Å². The number of carbonyl (C=O) groups is 1. The Labute approximate surface area is 178 Å². The number of amides is 1. The number of nitrogens with one attached hydrogen (secondary N) is 2. The Morgan fingerprint density at radius 1 is 1.03 bits per heavy atom. The van der Waals surface area contributed by atoms with Crippen LogP contribution in [0.15, 0.2) is 59.4 Å². The quantitative estimate of drug-likeness (QED) is 0.499. The van der Waals surface area contributed by atoms with E-state index in [0.29, 0.717) is 28.7 Å². The molecule has 9 nitrogen and oxygen atoms in total. The lowest BCUT2D eigenvalue weighted by Gasteiger charge is -2.08. The predicted octanol–water partition coefficient (Wildman–Crippen LogP) is 2.90. The molecular formula is C22H22N6O3. The molecule has 2 aromatic heterocycles. The molecule has 2 aromatic carbocycles. The third kappa shape index (κ3) is 4.40. The highest BCUT2D eigenvalue weighted by atomic mass is 16.5. The highest BCUT2D eigenvalue weighted by Crippen LogP contribution is 2.17. The van der Waals surface area contributed by atoms with E-state index < -0.39 is 5.69 Å². The zero-order valence-electron chi connectivity index (χ0n) is 17.4. The van der Waals surface area contributed by atoms with Gasteiger partial charge < -0.3 is 15.4 Å². The van der Waals surface area contributed by atoms with E-state index in [1.807, 2.05) is 38.1 Å². The van der Waals surface area contributed by atoms with Crippen molar-refractivity contribution in [3.8, 4) is 5.75 Å². The van der Waals surface area contributed by atoms with Crippen molar-refractivity contribution in [3.05, 3.63) is 76.3 Å². The molecule has 158 valence electrons. The number of nitrogens with zero attached hydrogens (tertiary/aromatic N) is 4. The van der Waals surface area contributed by atoms with Gasteiger partial charge in [0.1, 0.15) is 12.3 Å². The van der Waals surface area contributed by atoms with E-state index in [1.54, 1.807) is 37.4 Å². The van der Waals surface area contributed by atoms with E-state index in [2.05, 4.69) is 20.7 Å². The number of aromatic nitrogens is 4. The van der Waals surface area contributed by atoms with Crippen molar-refractivity contribution in [2.75, 3.05) is 17.7 Å². The molecule has 2 heterocycles. The first-order chi connectivity index (χ1) is 14.9. The molecule has 0 spiro atoms. The topological polar surface area (TPSA) is 103 Å². The number of rotatable bonds is 6. The minimum atomic E-state index is -0.456. The molecule has 4 aromatic rings. The summed E-state index contributed by atoms with van der Waals surface area (Å²) in [4.78, 5) is 29.9. The van der Waals surface area contributed by atoms with Crippen LogP contribution in [0.3, 0.4) is 0 Å². The average molecular weight is 418 g/mol. The molecule has 0 radical (unpaired) electrons. The summed E-state index contributed by atoms with van der Waals surface area (Å²) in [6, 6.07) is 16.4. The third-order valence-corrected chi connectivity index (χ3v) is 4.67. The van der Waals surface area contributed by atoms with Crippen molar-refractivity contribution in [1.29, 1.82) is 0 Å². The summed E-state index contributed by atoms with van der Waals surface area (Å²) in [7, 11) is 1.57. The molecule has 0 atom stereocenters. The van der Waals surface area contributed by atoms with Gasteiger partial charge in [0.2, 0.25) is 11.9 Å². The van der Waals surface area contributed by atoms with E-state index in [0.717, 1.165) is 15.9 Å². The second-order valence-corrected chi connectivity index (χ2v) is 7.12. The van der Waals surface area contributed by atoms with E-state index in [-0.39, 0.29) is 12.5 Å². The molecule has 0 aliphatic heterocycles. The van der Waals surface area contributed by atoms with Crippen LogP contribution < -0.4 is 21.1 Å². The van der Waals surface area contributed by atoms with E-state index >= 15 is 0 Å². The summed E-state index contributed by atoms with van der Waals surface area (Å²) in [5.41, 5.74) is 3.16. The first-order valence-electron chi connectivity index (χ1n) is 9.68. The minimum Gasteiger partial charge on any atom is -0.497 e. The fourth-order valence-corrected chi connectivity index (χ4v) is 3.12. The van der Waals surface area contributed by atoms with Gasteiger partial charge in [0.05, 0.1) is 7.11 Å². The maximum Gasteiger partial charge on any atom is 0.353 e. The zero-order chi connectivity index (χ0) is 22.0. The van der Waals surface area contributed by atoms with Gasteiger partial charge in [0.25, 0.3) is 0 Å². The summed E-state index contributed by atoms with van der Waals surface area (Å²) < 4.78 is 7.58. The fraction of sp³-hybridized carbons (Fsp3) is 0.182. The first kappa shape index (κ1) is 20.1. The second kappa shape index (κ2) is 8.31. The molecule has 2 N–H and O–H groups in total. The maximum atomic E-state index is 13.0. The van der Waals surface area contributed by atoms with Gasteiger partial charge in [-0.1, -0.05) is 17.7 Å². The lowest BCUT2D eigenvalue weighted by atomic mass is 10.2. The Balaban J connectivity index is 1.60. The van der Waals surface area contributed by atoms with Gasteiger partial charge in [0.15, 0.2) is 5.65 Å². The van der Waals surface area contributed by atoms with Gasteiger partial charge in [-0.25, -0.2) is 18.9 Å². The summed E-state index contributed by atoms with van der Waals surface area (Å²) in [5.74, 6) is 0.658. The molecule has 0 unspecified atom stereocenters. The monoisotopic (exact) mass is 418 g/mol. The Bertz CT molecular complexity index is 1290. The number of hydrogen-bond acceptors (Lipinski definition) is 6. The highest BCUT2D eigenvalue weighted by molar-refractivity contribution is 5.90. The molecule has 1 amide bonds. The largest absolute Gasteiger partial charge is 0.497 e. The van der Waals surface area contributed by atoms with Gasteiger partial charge in [-0.05, 0) is 50.2 Å². The average Bonchev–Trinajstić information content (AvgIpc) is 3.05. The SMILES string of the molecule is COc1ccc(NC(=O)Cn2nc3cc(C)nc(Nc4ccc(C)cc4)n3c2=O)cc1. The summed E-state index contributed by atoms with van der Waals surface area (Å²) >= 11 is 0. The Hall–Kier alpha value is -4.14. The van der Waals surface area contributed by atoms with Gasteiger partial charge in [-0.3, -0.25) is 4.79 Å². The van der Waals surface area contributed by atoms with Crippen molar-refractivity contribution in [1.82, 2.24) is 19.2 Å². The van der Waals surface area contributed by atoms with Crippen LogP contribution in [0.5, 0.6) is 5.75 Å². The fourth-order valence-electron chi connectivity index (χ4n) is 3.12. The van der Waals surface area contributed by atoms with Crippen LogP contribution in [-0.4, -0.2) is 32.2 Å². The van der Waals surface area contributed by atoms with Crippen LogP contribution >= 0.6 is 0 Å². The molecule has 0 aliphatic carbocycles. The van der Waals surface area contributed by atoms with Crippen molar-refractivity contribution < 1.29 is 9.53 Å². The van der Waals surface area contributed by atoms with E-state index in [1.165, 1.54) is 4.40 Å². The normalized spacial score (nSPS) is 10.8. The molecule has 0 bridgehead atoms. The number of carbonyl (C=O) groups excluding carboxylic acids is 1. The van der Waals surface area contributed by atoms with Crippen LogP contribution in [0.4, 0.5) is 17.3 Å². The predicted molar refractivity (Wildman–Crippen MR) is 118 cm³/mol. The number of fused-ring (bicyclic) bond motifs is 1. The number of aryl methyl sites for hydroxylation is 2. The standard InChI is InChI=1S/C22H22N6O3/c1-14-4-6-17(7-5-14)25-21-23-15(2)12-19-26-27(22(30)28(19)21)13-20(29)24-16-8-10-18(31-3)11-9-16/h4-12H,13H2,1-3H3,(H,23,25)(H,24,29). The molecule has 0 aliphatic rings. The van der Waals surface area contributed by atoms with Gasteiger partial charge in [0, 0.05) is 23.1 Å². The van der Waals surface area contributed by atoms with Crippen molar-refractivity contribution in [2.24, 2.45) is 0 Å². The molecule has 0 fully saturated rings. The molecule has 0 saturated carbocycles. The Morgan fingerprint density at radius 2 is 1.71 bits per heavy atom. The Kier molecular flexibility index (Phi) is 5.40. The third-order valence-electron chi connectivity index (χ3n) is 4.67. The lowest BCUT2D eigenvalue weighted by molar-refractivity contribution is -0.117. The van der Waals surface area contributed by atoms with Gasteiger partial charge in [-0.2, -0.15) is 0 Å². The van der Waals surface area contributed by atoms with Gasteiger partial charge in [-0.15, -0.1) is 5.10 Å². The zero-order valence-corrected chi connectivity index (χ0v) is 17.4. The second-order valence-electron chi connectivity index (χ2n) is 7.12. The molecule has 4 rings (SSSR count). The van der Waals surface area contributed by atoms with E-state index in [4.69, 9.17) is 4.74 Å². The number of methoxy groups -OCH3 is 1. The number of hydrogen-bond donors (Lipinski definition) is 2. The van der Waals surface area contributed by atoms with E-state index in [9.17, 15) is 9.59 Å².